The number of rotatable bonds is 8. The molecule has 0 radical (unpaired) electrons. The molecule has 0 N–H and O–H groups in total. The van der Waals surface area contributed by atoms with Crippen molar-refractivity contribution in [1.82, 2.24) is 29.9 Å². The van der Waals surface area contributed by atoms with Gasteiger partial charge >= 0.3 is 0 Å². The second kappa shape index (κ2) is 16.3. The highest BCUT2D eigenvalue weighted by Gasteiger charge is 2.45. The maximum atomic E-state index is 5.26. The molecule has 0 unspecified atom stereocenters. The van der Waals surface area contributed by atoms with Crippen molar-refractivity contribution in [2.75, 3.05) is 0 Å². The van der Waals surface area contributed by atoms with Crippen molar-refractivity contribution in [1.29, 1.82) is 0 Å². The normalized spacial score (nSPS) is 12.5. The average Bonchev–Trinajstić information content (AvgIpc) is 3.53. The van der Waals surface area contributed by atoms with Gasteiger partial charge in [0.1, 0.15) is 0 Å². The van der Waals surface area contributed by atoms with Gasteiger partial charge in [-0.15, -0.1) is 0 Å². The van der Waals surface area contributed by atoms with Crippen molar-refractivity contribution in [3.63, 3.8) is 0 Å². The van der Waals surface area contributed by atoms with Gasteiger partial charge in [0.05, 0.1) is 0 Å². The Balaban J connectivity index is 1.22. The highest BCUT2D eigenvalue weighted by Crippen LogP contribution is 2.33. The lowest BCUT2D eigenvalue weighted by Crippen LogP contribution is -2.75. The van der Waals surface area contributed by atoms with Gasteiger partial charge in [0, 0.05) is 33.4 Å². The zero-order chi connectivity index (χ0) is 42.0. The summed E-state index contributed by atoms with van der Waals surface area (Å²) in [5.74, 6) is 3.69. The molecule has 3 heterocycles. The lowest BCUT2D eigenvalue weighted by molar-refractivity contribution is 1.07. The number of fused-ring (bicyclic) bond motifs is 2. The van der Waals surface area contributed by atoms with Gasteiger partial charge in [-0.25, -0.2) is 29.9 Å². The van der Waals surface area contributed by atoms with E-state index < -0.39 is 8.07 Å². The van der Waals surface area contributed by atoms with Crippen LogP contribution in [0, 0.1) is 0 Å². The molecule has 8 aromatic carbocycles. The molecule has 2 aromatic heterocycles. The molecule has 0 saturated heterocycles. The Morgan fingerprint density at radius 3 is 0.810 bits per heavy atom. The molecular weight excluding hydrogens is 785 g/mol. The molecule has 63 heavy (non-hydrogen) atoms. The van der Waals surface area contributed by atoms with Crippen molar-refractivity contribution in [2.45, 2.75) is 0 Å². The number of aromatic nitrogens is 6. The number of hydrogen-bond donors (Lipinski definition) is 0. The van der Waals surface area contributed by atoms with E-state index in [1.807, 2.05) is 121 Å². The minimum absolute atomic E-state index is 0.608. The molecule has 1 aliphatic heterocycles. The zero-order valence-corrected chi connectivity index (χ0v) is 35.1. The first kappa shape index (κ1) is 37.7. The van der Waals surface area contributed by atoms with Gasteiger partial charge in [0.25, 0.3) is 0 Å². The summed E-state index contributed by atoms with van der Waals surface area (Å²) in [4.78, 5) is 31.1. The van der Waals surface area contributed by atoms with Crippen LogP contribution in [0.25, 0.3) is 80.5 Å². The van der Waals surface area contributed by atoms with Crippen LogP contribution >= 0.6 is 0 Å². The molecule has 0 bridgehead atoms. The molecule has 0 fully saturated rings. The van der Waals surface area contributed by atoms with Crippen LogP contribution in [-0.4, -0.2) is 38.0 Å². The molecule has 1 aliphatic rings. The van der Waals surface area contributed by atoms with Crippen LogP contribution in [-0.2, 0) is 0 Å². The third kappa shape index (κ3) is 6.87. The zero-order valence-electron chi connectivity index (χ0n) is 34.1. The van der Waals surface area contributed by atoms with Gasteiger partial charge < -0.3 is 0 Å². The maximum absolute atomic E-state index is 5.26. The molecule has 10 aromatic rings. The predicted molar refractivity (Wildman–Crippen MR) is 258 cm³/mol. The van der Waals surface area contributed by atoms with Crippen LogP contribution in [0.5, 0.6) is 0 Å². The molecular formula is C56H38N6Si. The van der Waals surface area contributed by atoms with E-state index in [4.69, 9.17) is 29.9 Å². The highest BCUT2D eigenvalue weighted by molar-refractivity contribution is 7.20. The molecule has 11 rings (SSSR count). The van der Waals surface area contributed by atoms with Crippen molar-refractivity contribution in [3.8, 4) is 68.3 Å². The third-order valence-corrected chi connectivity index (χ3v) is 16.6. The summed E-state index contributed by atoms with van der Waals surface area (Å²) >= 11 is 0. The van der Waals surface area contributed by atoms with E-state index in [2.05, 4.69) is 109 Å². The molecule has 0 saturated carbocycles. The molecule has 296 valence electrons. The van der Waals surface area contributed by atoms with Crippen LogP contribution in [0.3, 0.4) is 0 Å². The Bertz CT molecular complexity index is 2920. The van der Waals surface area contributed by atoms with Crippen LogP contribution in [0.15, 0.2) is 218 Å². The Kier molecular flexibility index (Phi) is 9.76. The standard InChI is InChI=1S/C56H38N6Si/c1-7-21-39(22-8-1)51-57-52(40-23-9-2-10-24-40)60-55(59-51)47-33-19-35-49-45(47)37-38-46-48(34-20-36-50(46)63(49,43-29-15-5-16-30-43)44-31-17-6-18-32-44)56-61-53(41-25-11-3-12-26-41)58-54(62-56)42-27-13-4-14-28-42/h1-38H. The number of nitrogens with zero attached hydrogens (tertiary/aromatic N) is 6. The van der Waals surface area contributed by atoms with Gasteiger partial charge in [0.2, 0.25) is 0 Å². The summed E-state index contributed by atoms with van der Waals surface area (Å²) in [7, 11) is -3.17. The molecule has 0 amide bonds. The summed E-state index contributed by atoms with van der Waals surface area (Å²) in [5.41, 5.74) is 7.68. The fourth-order valence-corrected chi connectivity index (χ4v) is 14.1. The molecule has 0 spiro atoms. The monoisotopic (exact) mass is 822 g/mol. The third-order valence-electron chi connectivity index (χ3n) is 11.7. The Labute approximate surface area is 367 Å². The molecule has 0 aliphatic carbocycles. The second-order valence-corrected chi connectivity index (χ2v) is 19.2. The van der Waals surface area contributed by atoms with E-state index >= 15 is 0 Å². The van der Waals surface area contributed by atoms with Crippen LogP contribution in [0.4, 0.5) is 0 Å². The van der Waals surface area contributed by atoms with Crippen molar-refractivity contribution in [3.05, 3.63) is 230 Å². The SMILES string of the molecule is C1=Cc2c(-c3nc(-c4ccccc4)nc(-c4ccccc4)n3)cccc2[Si](c2ccccc2)(c2ccccc2)c2cccc(-c3nc(-c4ccccc4)nc(-c4ccccc4)n3)c21. The first-order valence-electron chi connectivity index (χ1n) is 21.0. The van der Waals surface area contributed by atoms with Crippen LogP contribution in [0.1, 0.15) is 11.1 Å². The van der Waals surface area contributed by atoms with Gasteiger partial charge in [-0.3, -0.25) is 0 Å². The Hall–Kier alpha value is -8.26. The molecule has 7 heteroatoms. The lowest BCUT2D eigenvalue weighted by atomic mass is 10.0. The van der Waals surface area contributed by atoms with Crippen molar-refractivity contribution < 1.29 is 0 Å². The topological polar surface area (TPSA) is 77.3 Å². The number of hydrogen-bond acceptors (Lipinski definition) is 6. The highest BCUT2D eigenvalue weighted by atomic mass is 28.3. The van der Waals surface area contributed by atoms with E-state index in [1.54, 1.807) is 0 Å². The van der Waals surface area contributed by atoms with E-state index in [0.717, 1.165) is 44.5 Å². The van der Waals surface area contributed by atoms with Gasteiger partial charge in [-0.05, 0) is 31.9 Å². The fraction of sp³-hybridized carbons (Fsp3) is 0. The lowest BCUT2D eigenvalue weighted by Gasteiger charge is -2.36. The van der Waals surface area contributed by atoms with Gasteiger partial charge in [0.15, 0.2) is 43.0 Å². The second-order valence-electron chi connectivity index (χ2n) is 15.4. The first-order valence-corrected chi connectivity index (χ1v) is 23.0. The number of benzene rings is 8. The minimum atomic E-state index is -3.17. The summed E-state index contributed by atoms with van der Waals surface area (Å²) in [5, 5.41) is 4.98. The van der Waals surface area contributed by atoms with E-state index in [-0.39, 0.29) is 0 Å². The average molecular weight is 823 g/mol. The minimum Gasteiger partial charge on any atom is -0.208 e. The fourth-order valence-electron chi connectivity index (χ4n) is 8.87. The Morgan fingerprint density at radius 2 is 0.508 bits per heavy atom. The Morgan fingerprint density at radius 1 is 0.238 bits per heavy atom. The molecule has 6 nitrogen and oxygen atoms in total. The maximum Gasteiger partial charge on any atom is 0.180 e. The van der Waals surface area contributed by atoms with E-state index in [0.29, 0.717) is 34.9 Å². The van der Waals surface area contributed by atoms with Crippen LogP contribution < -0.4 is 20.7 Å². The van der Waals surface area contributed by atoms with Crippen LogP contribution in [0.2, 0.25) is 0 Å². The molecule has 0 atom stereocenters. The van der Waals surface area contributed by atoms with Gasteiger partial charge in [-0.1, -0.05) is 231 Å². The summed E-state index contributed by atoms with van der Waals surface area (Å²) in [6.07, 6.45) is 4.53. The smallest absolute Gasteiger partial charge is 0.180 e. The quantitative estimate of drug-likeness (QED) is 0.142. The van der Waals surface area contributed by atoms with Crippen molar-refractivity contribution >= 4 is 41.0 Å². The van der Waals surface area contributed by atoms with E-state index in [1.165, 1.54) is 20.7 Å². The predicted octanol–water partition coefficient (Wildman–Crippen LogP) is 9.92. The van der Waals surface area contributed by atoms with Crippen molar-refractivity contribution in [2.24, 2.45) is 0 Å². The largest absolute Gasteiger partial charge is 0.208 e. The van der Waals surface area contributed by atoms with Gasteiger partial charge in [-0.2, -0.15) is 0 Å². The summed E-state index contributed by atoms with van der Waals surface area (Å²) in [6.45, 7) is 0. The summed E-state index contributed by atoms with van der Waals surface area (Å²) in [6, 6.07) is 75.9. The summed E-state index contributed by atoms with van der Waals surface area (Å²) < 4.78 is 0. The van der Waals surface area contributed by atoms with E-state index in [9.17, 15) is 0 Å². The first-order chi connectivity index (χ1) is 31.2.